The molecule has 0 spiro atoms. The SMILES string of the molecule is FC(Cl)=CCCl. The molecule has 0 amide bonds. The minimum Gasteiger partial charge on any atom is -0.194 e. The van der Waals surface area contributed by atoms with E-state index in [1.807, 2.05) is 0 Å². The topological polar surface area (TPSA) is 0 Å². The summed E-state index contributed by atoms with van der Waals surface area (Å²) in [6.07, 6.45) is 1.07. The van der Waals surface area contributed by atoms with Crippen LogP contribution in [-0.2, 0) is 0 Å². The van der Waals surface area contributed by atoms with Gasteiger partial charge in [0.15, 0.2) is 5.29 Å². The fraction of sp³-hybridized carbons (Fsp3) is 0.333. The summed E-state index contributed by atoms with van der Waals surface area (Å²) in [7, 11) is 0. The summed E-state index contributed by atoms with van der Waals surface area (Å²) < 4.78 is 11.2. The summed E-state index contributed by atoms with van der Waals surface area (Å²) in [4.78, 5) is 0. The lowest BCUT2D eigenvalue weighted by atomic mass is 10.7. The predicted octanol–water partition coefficient (Wildman–Crippen LogP) is 2.27. The molecule has 0 radical (unpaired) electrons. The van der Waals surface area contributed by atoms with Gasteiger partial charge < -0.3 is 0 Å². The van der Waals surface area contributed by atoms with Gasteiger partial charge in [0.1, 0.15) is 0 Å². The van der Waals surface area contributed by atoms with E-state index in [0.717, 1.165) is 6.08 Å². The first-order valence-electron chi connectivity index (χ1n) is 1.34. The van der Waals surface area contributed by atoms with Crippen LogP contribution >= 0.6 is 23.2 Å². The third-order valence-electron chi connectivity index (χ3n) is 0.231. The van der Waals surface area contributed by atoms with Crippen LogP contribution in [-0.4, -0.2) is 5.88 Å². The highest BCUT2D eigenvalue weighted by molar-refractivity contribution is 6.29. The van der Waals surface area contributed by atoms with Crippen LogP contribution in [0.1, 0.15) is 0 Å². The van der Waals surface area contributed by atoms with E-state index in [-0.39, 0.29) is 5.88 Å². The van der Waals surface area contributed by atoms with Crippen LogP contribution in [0.25, 0.3) is 0 Å². The van der Waals surface area contributed by atoms with Crippen LogP contribution < -0.4 is 0 Å². The first-order valence-corrected chi connectivity index (χ1v) is 2.25. The zero-order valence-corrected chi connectivity index (χ0v) is 4.43. The molecule has 0 aromatic heterocycles. The van der Waals surface area contributed by atoms with Crippen LogP contribution in [0.5, 0.6) is 0 Å². The van der Waals surface area contributed by atoms with Crippen molar-refractivity contribution in [3.8, 4) is 0 Å². The third-order valence-corrected chi connectivity index (χ3v) is 0.540. The number of rotatable bonds is 1. The molecular weight excluding hydrogens is 126 g/mol. The van der Waals surface area contributed by atoms with Gasteiger partial charge in [-0.05, 0) is 6.08 Å². The Balaban J connectivity index is 3.14. The number of halogens is 3. The molecule has 0 aromatic rings. The maximum Gasteiger partial charge on any atom is 0.186 e. The monoisotopic (exact) mass is 128 g/mol. The van der Waals surface area contributed by atoms with Gasteiger partial charge >= 0.3 is 0 Å². The molecule has 0 bridgehead atoms. The van der Waals surface area contributed by atoms with E-state index >= 15 is 0 Å². The molecule has 0 atom stereocenters. The van der Waals surface area contributed by atoms with Crippen molar-refractivity contribution in [2.75, 3.05) is 5.88 Å². The molecule has 36 valence electrons. The Hall–Kier alpha value is 0.250. The van der Waals surface area contributed by atoms with E-state index in [2.05, 4.69) is 11.6 Å². The normalized spacial score (nSPS) is 12.2. The summed E-state index contributed by atoms with van der Waals surface area (Å²) in [5, 5.41) is -0.745. The molecular formula is C3H3Cl2F. The van der Waals surface area contributed by atoms with Gasteiger partial charge in [-0.15, -0.1) is 11.6 Å². The molecule has 0 aliphatic rings. The van der Waals surface area contributed by atoms with Crippen molar-refractivity contribution >= 4 is 23.2 Å². The van der Waals surface area contributed by atoms with E-state index in [0.29, 0.717) is 0 Å². The van der Waals surface area contributed by atoms with Crippen LogP contribution in [0, 0.1) is 0 Å². The molecule has 0 rings (SSSR count). The Morgan fingerprint density at radius 2 is 2.33 bits per heavy atom. The molecule has 0 saturated carbocycles. The quantitative estimate of drug-likeness (QED) is 0.476. The molecule has 6 heavy (non-hydrogen) atoms. The van der Waals surface area contributed by atoms with Crippen LogP contribution in [0.2, 0.25) is 0 Å². The highest BCUT2D eigenvalue weighted by Gasteiger charge is 1.77. The molecule has 0 nitrogen and oxygen atoms in total. The van der Waals surface area contributed by atoms with Gasteiger partial charge in [0.2, 0.25) is 0 Å². The van der Waals surface area contributed by atoms with E-state index in [9.17, 15) is 4.39 Å². The Kier molecular flexibility index (Phi) is 3.58. The van der Waals surface area contributed by atoms with Crippen molar-refractivity contribution in [2.45, 2.75) is 0 Å². The standard InChI is InChI=1S/C3H3Cl2F/c4-2-1-3(5)6/h1H,2H2. The minimum atomic E-state index is -0.745. The van der Waals surface area contributed by atoms with Crippen LogP contribution in [0.3, 0.4) is 0 Å². The molecule has 0 aromatic carbocycles. The third kappa shape index (κ3) is 4.25. The molecule has 0 heterocycles. The van der Waals surface area contributed by atoms with E-state index < -0.39 is 5.29 Å². The van der Waals surface area contributed by atoms with E-state index in [4.69, 9.17) is 11.6 Å². The van der Waals surface area contributed by atoms with Gasteiger partial charge in [-0.2, -0.15) is 4.39 Å². The fourth-order valence-electron chi connectivity index (χ4n) is 0.0583. The van der Waals surface area contributed by atoms with Crippen molar-refractivity contribution in [2.24, 2.45) is 0 Å². The first kappa shape index (κ1) is 6.25. The summed E-state index contributed by atoms with van der Waals surface area (Å²) in [5.74, 6) is 0.134. The Morgan fingerprint density at radius 1 is 1.83 bits per heavy atom. The van der Waals surface area contributed by atoms with Gasteiger partial charge in [0.05, 0.1) is 0 Å². The minimum absolute atomic E-state index is 0.134. The Morgan fingerprint density at radius 3 is 2.33 bits per heavy atom. The average molecular weight is 129 g/mol. The fourth-order valence-corrected chi connectivity index (χ4v) is 0.350. The lowest BCUT2D eigenvalue weighted by molar-refractivity contribution is 0.693. The number of allylic oxidation sites excluding steroid dienone is 1. The van der Waals surface area contributed by atoms with Gasteiger partial charge in [0, 0.05) is 5.88 Å². The first-order chi connectivity index (χ1) is 2.77. The maximum atomic E-state index is 11.2. The number of hydrogen-bond donors (Lipinski definition) is 0. The van der Waals surface area contributed by atoms with Crippen molar-refractivity contribution in [1.82, 2.24) is 0 Å². The molecule has 0 saturated heterocycles. The predicted molar refractivity (Wildman–Crippen MR) is 25.8 cm³/mol. The summed E-state index contributed by atoms with van der Waals surface area (Å²) in [5.41, 5.74) is 0. The van der Waals surface area contributed by atoms with E-state index in [1.54, 1.807) is 0 Å². The van der Waals surface area contributed by atoms with Crippen molar-refractivity contribution in [1.29, 1.82) is 0 Å². The zero-order valence-electron chi connectivity index (χ0n) is 2.92. The van der Waals surface area contributed by atoms with Crippen LogP contribution in [0.15, 0.2) is 11.4 Å². The second kappa shape index (κ2) is 3.44. The van der Waals surface area contributed by atoms with Crippen molar-refractivity contribution in [3.63, 3.8) is 0 Å². The number of alkyl halides is 1. The highest BCUT2D eigenvalue weighted by Crippen LogP contribution is 2.00. The largest absolute Gasteiger partial charge is 0.194 e. The van der Waals surface area contributed by atoms with Gasteiger partial charge in [0.25, 0.3) is 0 Å². The molecule has 0 N–H and O–H groups in total. The van der Waals surface area contributed by atoms with E-state index in [1.165, 1.54) is 0 Å². The highest BCUT2D eigenvalue weighted by atomic mass is 35.5. The summed E-state index contributed by atoms with van der Waals surface area (Å²) >= 11 is 9.68. The van der Waals surface area contributed by atoms with Crippen LogP contribution in [0.4, 0.5) is 4.39 Å². The zero-order chi connectivity index (χ0) is 4.99. The smallest absolute Gasteiger partial charge is 0.186 e. The summed E-state index contributed by atoms with van der Waals surface area (Å²) in [6, 6.07) is 0. The Bertz CT molecular complexity index is 55.8. The second-order valence-corrected chi connectivity index (χ2v) is 1.32. The van der Waals surface area contributed by atoms with Crippen molar-refractivity contribution < 1.29 is 4.39 Å². The van der Waals surface area contributed by atoms with Gasteiger partial charge in [-0.3, -0.25) is 0 Å². The molecule has 0 aliphatic heterocycles. The lowest BCUT2D eigenvalue weighted by Gasteiger charge is -1.71. The Labute approximate surface area is 45.6 Å². The molecule has 0 unspecified atom stereocenters. The molecule has 3 heteroatoms. The number of hydrogen-bond acceptors (Lipinski definition) is 0. The molecule has 0 fully saturated rings. The van der Waals surface area contributed by atoms with Gasteiger partial charge in [-0.1, -0.05) is 11.6 Å². The second-order valence-electron chi connectivity index (χ2n) is 0.648. The van der Waals surface area contributed by atoms with Crippen molar-refractivity contribution in [3.05, 3.63) is 11.4 Å². The average Bonchev–Trinajstić information content (AvgIpc) is 1.35. The lowest BCUT2D eigenvalue weighted by Crippen LogP contribution is -1.57. The maximum absolute atomic E-state index is 11.2. The van der Waals surface area contributed by atoms with Gasteiger partial charge in [-0.25, -0.2) is 0 Å². The summed E-state index contributed by atoms with van der Waals surface area (Å²) in [6.45, 7) is 0. The molecule has 0 aliphatic carbocycles.